The average Bonchev–Trinajstić information content (AvgIpc) is 2.47. The highest BCUT2D eigenvalue weighted by atomic mass is 79.9. The number of nitrogens with zero attached hydrogens (tertiary/aromatic N) is 2. The van der Waals surface area contributed by atoms with Crippen molar-refractivity contribution in [2.24, 2.45) is 0 Å². The Morgan fingerprint density at radius 2 is 2.14 bits per heavy atom. The minimum absolute atomic E-state index is 0.00224. The molecule has 1 amide bonds. The van der Waals surface area contributed by atoms with E-state index >= 15 is 0 Å². The average molecular weight is 255 g/mol. The maximum absolute atomic E-state index is 11.3. The smallest absolute Gasteiger partial charge is 0.236 e. The van der Waals surface area contributed by atoms with E-state index in [2.05, 4.69) is 20.9 Å². The van der Waals surface area contributed by atoms with Crippen LogP contribution in [-0.4, -0.2) is 23.2 Å². The molecule has 1 aromatic heterocycles. The molecule has 5 heteroatoms. The van der Waals surface area contributed by atoms with Gasteiger partial charge in [0.1, 0.15) is 5.82 Å². The van der Waals surface area contributed by atoms with Crippen molar-refractivity contribution in [3.05, 3.63) is 22.8 Å². The van der Waals surface area contributed by atoms with E-state index in [4.69, 9.17) is 0 Å². The molecule has 1 saturated heterocycles. The van der Waals surface area contributed by atoms with E-state index in [-0.39, 0.29) is 24.7 Å². The number of aromatic nitrogens is 1. The van der Waals surface area contributed by atoms with E-state index in [1.807, 2.05) is 0 Å². The van der Waals surface area contributed by atoms with Gasteiger partial charge in [-0.3, -0.25) is 14.5 Å². The van der Waals surface area contributed by atoms with Gasteiger partial charge in [-0.15, -0.1) is 0 Å². The zero-order valence-electron chi connectivity index (χ0n) is 7.24. The first-order valence-corrected chi connectivity index (χ1v) is 4.90. The Balaban J connectivity index is 2.27. The topological polar surface area (TPSA) is 50.3 Å². The van der Waals surface area contributed by atoms with Gasteiger partial charge in [-0.2, -0.15) is 0 Å². The lowest BCUT2D eigenvalue weighted by atomic mass is 10.3. The predicted octanol–water partition coefficient (Wildman–Crippen LogP) is 1.15. The zero-order valence-corrected chi connectivity index (χ0v) is 8.82. The van der Waals surface area contributed by atoms with Crippen LogP contribution in [0, 0.1) is 0 Å². The molecule has 72 valence electrons. The van der Waals surface area contributed by atoms with Gasteiger partial charge in [0.15, 0.2) is 5.78 Å². The molecular formula is C9H7BrN2O2. The number of amides is 1. The van der Waals surface area contributed by atoms with Gasteiger partial charge >= 0.3 is 0 Å². The minimum atomic E-state index is -0.176. The molecule has 14 heavy (non-hydrogen) atoms. The van der Waals surface area contributed by atoms with Crippen molar-refractivity contribution < 1.29 is 9.59 Å². The van der Waals surface area contributed by atoms with E-state index in [0.29, 0.717) is 5.82 Å². The van der Waals surface area contributed by atoms with Crippen molar-refractivity contribution in [3.63, 3.8) is 0 Å². The van der Waals surface area contributed by atoms with E-state index in [1.165, 1.54) is 4.90 Å². The number of carbonyl (C=O) groups is 2. The van der Waals surface area contributed by atoms with Crippen LogP contribution in [0.15, 0.2) is 22.8 Å². The van der Waals surface area contributed by atoms with Crippen molar-refractivity contribution in [2.75, 3.05) is 11.4 Å². The molecule has 4 nitrogen and oxygen atoms in total. The van der Waals surface area contributed by atoms with Gasteiger partial charge in [-0.25, -0.2) is 4.98 Å². The Kier molecular flexibility index (Phi) is 2.33. The van der Waals surface area contributed by atoms with E-state index in [9.17, 15) is 9.59 Å². The standard InChI is InChI=1S/C9H7BrN2O2/c10-6-1-2-8(11-4-6)12-5-7(13)3-9(12)14/h1-2,4H,3,5H2. The highest BCUT2D eigenvalue weighted by molar-refractivity contribution is 9.10. The summed E-state index contributed by atoms with van der Waals surface area (Å²) in [6, 6.07) is 3.50. The molecule has 2 rings (SSSR count). The Morgan fingerprint density at radius 3 is 2.64 bits per heavy atom. The molecule has 0 radical (unpaired) electrons. The van der Waals surface area contributed by atoms with Crippen molar-refractivity contribution in [3.8, 4) is 0 Å². The van der Waals surface area contributed by atoms with Gasteiger partial charge in [-0.1, -0.05) is 0 Å². The maximum Gasteiger partial charge on any atom is 0.236 e. The molecule has 0 aliphatic carbocycles. The normalized spacial score (nSPS) is 16.5. The maximum atomic E-state index is 11.3. The molecule has 1 aromatic rings. The summed E-state index contributed by atoms with van der Waals surface area (Å²) in [5, 5.41) is 0. The summed E-state index contributed by atoms with van der Waals surface area (Å²) in [5.74, 6) is 0.300. The van der Waals surface area contributed by atoms with Crippen LogP contribution in [0.5, 0.6) is 0 Å². The third-order valence-corrected chi connectivity index (χ3v) is 2.44. The molecule has 1 aliphatic heterocycles. The minimum Gasteiger partial charge on any atom is -0.297 e. The number of ketones is 1. The number of Topliss-reactive ketones (excluding diaryl/α,β-unsaturated/α-hetero) is 1. The van der Waals surface area contributed by atoms with E-state index in [0.717, 1.165) is 4.47 Å². The van der Waals surface area contributed by atoms with E-state index < -0.39 is 0 Å². The van der Waals surface area contributed by atoms with Crippen LogP contribution >= 0.6 is 15.9 Å². The number of hydrogen-bond donors (Lipinski definition) is 0. The Morgan fingerprint density at radius 1 is 1.36 bits per heavy atom. The van der Waals surface area contributed by atoms with Gasteiger partial charge in [-0.05, 0) is 28.1 Å². The zero-order chi connectivity index (χ0) is 10.1. The summed E-state index contributed by atoms with van der Waals surface area (Å²) in [7, 11) is 0. The lowest BCUT2D eigenvalue weighted by Crippen LogP contribution is -2.25. The van der Waals surface area contributed by atoms with E-state index in [1.54, 1.807) is 18.3 Å². The first-order valence-electron chi connectivity index (χ1n) is 4.10. The van der Waals surface area contributed by atoms with Crippen LogP contribution in [-0.2, 0) is 9.59 Å². The van der Waals surface area contributed by atoms with Crippen LogP contribution in [0.3, 0.4) is 0 Å². The Labute approximate surface area is 89.1 Å². The molecule has 0 atom stereocenters. The number of carbonyl (C=O) groups excluding carboxylic acids is 2. The fourth-order valence-corrected chi connectivity index (χ4v) is 1.56. The highest BCUT2D eigenvalue weighted by Crippen LogP contribution is 2.18. The second-order valence-electron chi connectivity index (χ2n) is 3.03. The second kappa shape index (κ2) is 3.49. The van der Waals surface area contributed by atoms with Crippen molar-refractivity contribution in [1.29, 1.82) is 0 Å². The summed E-state index contributed by atoms with van der Waals surface area (Å²) in [5.41, 5.74) is 0. The molecule has 1 aliphatic rings. The second-order valence-corrected chi connectivity index (χ2v) is 3.95. The first kappa shape index (κ1) is 9.33. The third-order valence-electron chi connectivity index (χ3n) is 1.97. The van der Waals surface area contributed by atoms with Crippen molar-refractivity contribution in [1.82, 2.24) is 4.98 Å². The number of pyridine rings is 1. The molecule has 0 aromatic carbocycles. The molecule has 0 unspecified atom stereocenters. The van der Waals surface area contributed by atoms with Gasteiger partial charge in [0.05, 0.1) is 13.0 Å². The quantitative estimate of drug-likeness (QED) is 0.707. The molecular weight excluding hydrogens is 248 g/mol. The number of anilines is 1. The van der Waals surface area contributed by atoms with Crippen molar-refractivity contribution >= 4 is 33.4 Å². The molecule has 0 spiro atoms. The Hall–Kier alpha value is -1.23. The fourth-order valence-electron chi connectivity index (χ4n) is 1.32. The number of rotatable bonds is 1. The lowest BCUT2D eigenvalue weighted by Gasteiger charge is -2.12. The third kappa shape index (κ3) is 1.68. The lowest BCUT2D eigenvalue weighted by molar-refractivity contribution is -0.121. The number of hydrogen-bond acceptors (Lipinski definition) is 3. The molecule has 0 saturated carbocycles. The van der Waals surface area contributed by atoms with Gasteiger partial charge < -0.3 is 0 Å². The van der Waals surface area contributed by atoms with Gasteiger partial charge in [0, 0.05) is 10.7 Å². The van der Waals surface area contributed by atoms with Crippen molar-refractivity contribution in [2.45, 2.75) is 6.42 Å². The molecule has 2 heterocycles. The summed E-state index contributed by atoms with van der Waals surface area (Å²) in [4.78, 5) is 27.8. The van der Waals surface area contributed by atoms with Crippen LogP contribution in [0.25, 0.3) is 0 Å². The molecule has 1 fully saturated rings. The molecule has 0 N–H and O–H groups in total. The van der Waals surface area contributed by atoms with Crippen LogP contribution < -0.4 is 4.90 Å². The molecule has 0 bridgehead atoms. The first-order chi connectivity index (χ1) is 6.66. The SMILES string of the molecule is O=C1CC(=O)N(c2ccc(Br)cn2)C1. The highest BCUT2D eigenvalue weighted by Gasteiger charge is 2.29. The number of halogens is 1. The monoisotopic (exact) mass is 254 g/mol. The Bertz CT molecular complexity index is 388. The summed E-state index contributed by atoms with van der Waals surface area (Å²) in [6.07, 6.45) is 1.60. The van der Waals surface area contributed by atoms with Crippen LogP contribution in [0.1, 0.15) is 6.42 Å². The predicted molar refractivity (Wildman–Crippen MR) is 53.9 cm³/mol. The summed E-state index contributed by atoms with van der Waals surface area (Å²) < 4.78 is 0.847. The summed E-state index contributed by atoms with van der Waals surface area (Å²) in [6.45, 7) is 0.146. The van der Waals surface area contributed by atoms with Gasteiger partial charge in [0.25, 0.3) is 0 Å². The largest absolute Gasteiger partial charge is 0.297 e. The van der Waals surface area contributed by atoms with Crippen LogP contribution in [0.2, 0.25) is 0 Å². The van der Waals surface area contributed by atoms with Gasteiger partial charge in [0.2, 0.25) is 5.91 Å². The van der Waals surface area contributed by atoms with Crippen LogP contribution in [0.4, 0.5) is 5.82 Å². The fraction of sp³-hybridized carbons (Fsp3) is 0.222. The summed E-state index contributed by atoms with van der Waals surface area (Å²) >= 11 is 3.25.